The van der Waals surface area contributed by atoms with Crippen LogP contribution in [0.15, 0.2) is 22.7 Å². The fourth-order valence-electron chi connectivity index (χ4n) is 1.68. The lowest BCUT2D eigenvalue weighted by molar-refractivity contribution is 0.866. The molecule has 0 aliphatic heterocycles. The first-order valence-electron chi connectivity index (χ1n) is 5.05. The number of nitrogens with zero attached hydrogens (tertiary/aromatic N) is 1. The Morgan fingerprint density at radius 1 is 1.38 bits per heavy atom. The maximum atomic E-state index is 6.09. The van der Waals surface area contributed by atoms with Gasteiger partial charge in [0, 0.05) is 9.86 Å². The van der Waals surface area contributed by atoms with E-state index in [1.54, 1.807) is 0 Å². The second kappa shape index (κ2) is 4.22. The smallest absolute Gasteiger partial charge is 0.127 e. The fraction of sp³-hybridized carbons (Fsp3) is 0.250. The van der Waals surface area contributed by atoms with Gasteiger partial charge in [0.2, 0.25) is 0 Å². The highest BCUT2D eigenvalue weighted by molar-refractivity contribution is 9.10. The lowest BCUT2D eigenvalue weighted by atomic mass is 10.0. The van der Waals surface area contributed by atoms with Crippen molar-refractivity contribution in [1.29, 1.82) is 0 Å². The molecule has 0 unspecified atom stereocenters. The molecule has 1 aromatic heterocycles. The molecule has 2 aromatic rings. The summed E-state index contributed by atoms with van der Waals surface area (Å²) in [6.45, 7) is 4.19. The number of anilines is 1. The molecule has 0 fully saturated rings. The third-order valence-corrected chi connectivity index (χ3v) is 3.56. The Kier molecular flexibility index (Phi) is 3.08. The molecule has 0 aliphatic carbocycles. The summed E-state index contributed by atoms with van der Waals surface area (Å²) < 4.78 is 0.987. The van der Waals surface area contributed by atoms with Gasteiger partial charge in [-0.25, -0.2) is 4.98 Å². The molecule has 0 spiro atoms. The molecule has 2 nitrogen and oxygen atoms in total. The standard InChI is InChI=1S/C12H12BrClN2/c1-6(2)7-5-8-9(13)3-4-10(14)11(8)16-12(7)15/h3-6H,1-2H3,(H2,15,16). The molecule has 1 heterocycles. The van der Waals surface area contributed by atoms with E-state index >= 15 is 0 Å². The monoisotopic (exact) mass is 298 g/mol. The number of benzene rings is 1. The van der Waals surface area contributed by atoms with Gasteiger partial charge in [0.05, 0.1) is 10.5 Å². The van der Waals surface area contributed by atoms with Gasteiger partial charge in [-0.1, -0.05) is 41.4 Å². The summed E-state index contributed by atoms with van der Waals surface area (Å²) in [5, 5.41) is 1.63. The van der Waals surface area contributed by atoms with Crippen LogP contribution < -0.4 is 5.73 Å². The molecule has 0 aliphatic rings. The summed E-state index contributed by atoms with van der Waals surface area (Å²) in [5.41, 5.74) is 7.72. The summed E-state index contributed by atoms with van der Waals surface area (Å²) in [6.07, 6.45) is 0. The van der Waals surface area contributed by atoms with Gasteiger partial charge < -0.3 is 5.73 Å². The topological polar surface area (TPSA) is 38.9 Å². The minimum Gasteiger partial charge on any atom is -0.383 e. The quantitative estimate of drug-likeness (QED) is 0.850. The first-order valence-corrected chi connectivity index (χ1v) is 6.22. The molecule has 0 saturated heterocycles. The van der Waals surface area contributed by atoms with E-state index in [4.69, 9.17) is 17.3 Å². The third kappa shape index (κ3) is 1.89. The Hall–Kier alpha value is -0.800. The number of pyridine rings is 1. The molecule has 1 aromatic carbocycles. The number of fused-ring (bicyclic) bond motifs is 1. The Labute approximate surface area is 108 Å². The zero-order chi connectivity index (χ0) is 11.9. The van der Waals surface area contributed by atoms with Crippen LogP contribution in [0.5, 0.6) is 0 Å². The van der Waals surface area contributed by atoms with Gasteiger partial charge in [-0.05, 0) is 29.7 Å². The van der Waals surface area contributed by atoms with E-state index in [9.17, 15) is 0 Å². The van der Waals surface area contributed by atoms with Crippen molar-refractivity contribution in [2.75, 3.05) is 5.73 Å². The summed E-state index contributed by atoms with van der Waals surface area (Å²) in [5.74, 6) is 0.908. The van der Waals surface area contributed by atoms with Gasteiger partial charge in [-0.2, -0.15) is 0 Å². The maximum absolute atomic E-state index is 6.09. The van der Waals surface area contributed by atoms with E-state index in [0.29, 0.717) is 16.8 Å². The van der Waals surface area contributed by atoms with Crippen LogP contribution in [0.3, 0.4) is 0 Å². The van der Waals surface area contributed by atoms with Gasteiger partial charge in [-0.3, -0.25) is 0 Å². The second-order valence-electron chi connectivity index (χ2n) is 4.04. The van der Waals surface area contributed by atoms with Gasteiger partial charge >= 0.3 is 0 Å². The van der Waals surface area contributed by atoms with Crippen LogP contribution in [0.2, 0.25) is 5.02 Å². The molecule has 16 heavy (non-hydrogen) atoms. The van der Waals surface area contributed by atoms with Crippen LogP contribution >= 0.6 is 27.5 Å². The first-order chi connectivity index (χ1) is 7.50. The van der Waals surface area contributed by atoms with E-state index in [2.05, 4.69) is 40.8 Å². The fourth-order valence-corrected chi connectivity index (χ4v) is 2.33. The zero-order valence-corrected chi connectivity index (χ0v) is 11.4. The first kappa shape index (κ1) is 11.7. The largest absolute Gasteiger partial charge is 0.383 e. The summed E-state index contributed by atoms with van der Waals surface area (Å²) in [4.78, 5) is 4.37. The molecule has 2 N–H and O–H groups in total. The molecule has 0 radical (unpaired) electrons. The lowest BCUT2D eigenvalue weighted by Gasteiger charge is -2.11. The van der Waals surface area contributed by atoms with Crippen LogP contribution in [0.1, 0.15) is 25.3 Å². The van der Waals surface area contributed by atoms with Crippen molar-refractivity contribution >= 4 is 44.3 Å². The van der Waals surface area contributed by atoms with Crippen molar-refractivity contribution in [3.05, 3.63) is 33.3 Å². The van der Waals surface area contributed by atoms with Gasteiger partial charge in [-0.15, -0.1) is 0 Å². The van der Waals surface area contributed by atoms with E-state index in [0.717, 1.165) is 20.9 Å². The van der Waals surface area contributed by atoms with E-state index in [1.807, 2.05) is 12.1 Å². The lowest BCUT2D eigenvalue weighted by Crippen LogP contribution is -2.00. The summed E-state index contributed by atoms with van der Waals surface area (Å²) in [7, 11) is 0. The van der Waals surface area contributed by atoms with Gasteiger partial charge in [0.25, 0.3) is 0 Å². The van der Waals surface area contributed by atoms with Crippen LogP contribution in [0, 0.1) is 0 Å². The minimum absolute atomic E-state index is 0.350. The number of aromatic nitrogens is 1. The highest BCUT2D eigenvalue weighted by Gasteiger charge is 2.11. The number of nitrogens with two attached hydrogens (primary N) is 1. The van der Waals surface area contributed by atoms with Crippen LogP contribution in [-0.2, 0) is 0 Å². The van der Waals surface area contributed by atoms with Crippen LogP contribution in [-0.4, -0.2) is 4.98 Å². The Balaban J connectivity index is 2.84. The van der Waals surface area contributed by atoms with Crippen molar-refractivity contribution in [3.8, 4) is 0 Å². The van der Waals surface area contributed by atoms with E-state index in [1.165, 1.54) is 0 Å². The molecule has 84 valence electrons. The molecule has 0 atom stereocenters. The molecule has 4 heteroatoms. The molecular weight excluding hydrogens is 288 g/mol. The van der Waals surface area contributed by atoms with Crippen molar-refractivity contribution in [3.63, 3.8) is 0 Å². The van der Waals surface area contributed by atoms with Crippen molar-refractivity contribution < 1.29 is 0 Å². The SMILES string of the molecule is CC(C)c1cc2c(Br)ccc(Cl)c2nc1N. The number of hydrogen-bond donors (Lipinski definition) is 1. The Morgan fingerprint density at radius 2 is 2.06 bits per heavy atom. The number of halogens is 2. The van der Waals surface area contributed by atoms with Crippen molar-refractivity contribution in [2.45, 2.75) is 19.8 Å². The molecule has 2 rings (SSSR count). The Bertz CT molecular complexity index is 552. The number of hydrogen-bond acceptors (Lipinski definition) is 2. The zero-order valence-electron chi connectivity index (χ0n) is 9.09. The van der Waals surface area contributed by atoms with Crippen LogP contribution in [0.25, 0.3) is 10.9 Å². The second-order valence-corrected chi connectivity index (χ2v) is 5.30. The number of rotatable bonds is 1. The highest BCUT2D eigenvalue weighted by Crippen LogP contribution is 2.33. The molecule has 0 bridgehead atoms. The summed E-state index contributed by atoms with van der Waals surface area (Å²) in [6, 6.07) is 5.79. The molecule has 0 saturated carbocycles. The van der Waals surface area contributed by atoms with E-state index < -0.39 is 0 Å². The Morgan fingerprint density at radius 3 is 2.69 bits per heavy atom. The molecule has 0 amide bonds. The van der Waals surface area contributed by atoms with Crippen molar-refractivity contribution in [1.82, 2.24) is 4.98 Å². The highest BCUT2D eigenvalue weighted by atomic mass is 79.9. The maximum Gasteiger partial charge on any atom is 0.127 e. The van der Waals surface area contributed by atoms with Gasteiger partial charge in [0.15, 0.2) is 0 Å². The van der Waals surface area contributed by atoms with Gasteiger partial charge in [0.1, 0.15) is 5.82 Å². The number of nitrogen functional groups attached to an aromatic ring is 1. The summed E-state index contributed by atoms with van der Waals surface area (Å²) >= 11 is 9.59. The molecular formula is C12H12BrClN2. The predicted octanol–water partition coefficient (Wildman–Crippen LogP) is 4.36. The van der Waals surface area contributed by atoms with Crippen LogP contribution in [0.4, 0.5) is 5.82 Å². The average molecular weight is 300 g/mol. The van der Waals surface area contributed by atoms with Crippen molar-refractivity contribution in [2.24, 2.45) is 0 Å². The minimum atomic E-state index is 0.350. The predicted molar refractivity (Wildman–Crippen MR) is 73.0 cm³/mol. The third-order valence-electron chi connectivity index (χ3n) is 2.56. The van der Waals surface area contributed by atoms with E-state index in [-0.39, 0.29) is 0 Å². The average Bonchev–Trinajstić information content (AvgIpc) is 2.23. The normalized spacial score (nSPS) is 11.3.